The number of aromatic amines is 2. The van der Waals surface area contributed by atoms with Gasteiger partial charge in [-0.2, -0.15) is 0 Å². The first kappa shape index (κ1) is 25.2. The Balaban J connectivity index is 1.24. The van der Waals surface area contributed by atoms with Crippen LogP contribution >= 0.6 is 0 Å². The third-order valence-electron chi connectivity index (χ3n) is 6.57. The SMILES string of the molecule is O=C(NCC(O)CC(=O)N1CCOCC1C(=O)O)c1ccc2[nH]c(-c3cc4ccccc4[nH]c3=O)cc2c1. The van der Waals surface area contributed by atoms with E-state index in [-0.39, 0.29) is 38.3 Å². The first-order valence-corrected chi connectivity index (χ1v) is 12.1. The number of fused-ring (bicyclic) bond motifs is 2. The highest BCUT2D eigenvalue weighted by molar-refractivity contribution is 5.99. The quantitative estimate of drug-likeness (QED) is 0.247. The second kappa shape index (κ2) is 10.5. The maximum atomic E-state index is 12.7. The highest BCUT2D eigenvalue weighted by atomic mass is 16.5. The number of hydrogen-bond acceptors (Lipinski definition) is 6. The van der Waals surface area contributed by atoms with Crippen molar-refractivity contribution in [3.63, 3.8) is 0 Å². The molecule has 3 heterocycles. The Bertz CT molecular complexity index is 1590. The number of rotatable bonds is 7. The molecule has 11 heteroatoms. The predicted molar refractivity (Wildman–Crippen MR) is 139 cm³/mol. The Morgan fingerprint density at radius 2 is 1.84 bits per heavy atom. The Morgan fingerprint density at radius 3 is 2.66 bits per heavy atom. The third-order valence-corrected chi connectivity index (χ3v) is 6.57. The van der Waals surface area contributed by atoms with Crippen molar-refractivity contribution in [2.24, 2.45) is 0 Å². The summed E-state index contributed by atoms with van der Waals surface area (Å²) in [5.41, 5.74) is 2.68. The fraction of sp³-hybridized carbons (Fsp3) is 0.259. The molecule has 0 saturated carbocycles. The van der Waals surface area contributed by atoms with Crippen LogP contribution in [0.2, 0.25) is 0 Å². The Hall–Kier alpha value is -4.48. The summed E-state index contributed by atoms with van der Waals surface area (Å²) in [6.45, 7) is 0.0572. The van der Waals surface area contributed by atoms with Crippen molar-refractivity contribution in [3.05, 3.63) is 70.5 Å². The number of pyridine rings is 1. The molecule has 38 heavy (non-hydrogen) atoms. The summed E-state index contributed by atoms with van der Waals surface area (Å²) in [6.07, 6.45) is -1.52. The number of amides is 2. The van der Waals surface area contributed by atoms with Gasteiger partial charge in [0.15, 0.2) is 6.04 Å². The monoisotopic (exact) mass is 518 g/mol. The van der Waals surface area contributed by atoms with Crippen molar-refractivity contribution in [2.75, 3.05) is 26.3 Å². The molecule has 4 aromatic rings. The maximum Gasteiger partial charge on any atom is 0.328 e. The van der Waals surface area contributed by atoms with Gasteiger partial charge in [-0.05, 0) is 41.8 Å². The van der Waals surface area contributed by atoms with E-state index in [0.29, 0.717) is 16.8 Å². The molecule has 1 aliphatic rings. The zero-order valence-electron chi connectivity index (χ0n) is 20.3. The Kier molecular flexibility index (Phi) is 6.95. The summed E-state index contributed by atoms with van der Waals surface area (Å²) < 4.78 is 5.12. The van der Waals surface area contributed by atoms with Crippen LogP contribution in [0.1, 0.15) is 16.8 Å². The van der Waals surface area contributed by atoms with Crippen LogP contribution in [0.3, 0.4) is 0 Å². The fourth-order valence-corrected chi connectivity index (χ4v) is 4.58. The van der Waals surface area contributed by atoms with Gasteiger partial charge in [0, 0.05) is 35.1 Å². The van der Waals surface area contributed by atoms with E-state index in [1.807, 2.05) is 30.3 Å². The lowest BCUT2D eigenvalue weighted by Gasteiger charge is -2.33. The molecule has 0 aliphatic carbocycles. The standard InChI is InChI=1S/C27H26N4O7/c32-18(12-24(33)31-7-8-38-14-23(31)27(36)37)13-28-25(34)16-5-6-21-17(9-16)11-22(29-21)19-10-15-3-1-2-4-20(15)30-26(19)35/h1-6,9-11,18,23,29,32H,7-8,12-14H2,(H,28,34)(H,30,35)(H,36,37). The van der Waals surface area contributed by atoms with Crippen molar-refractivity contribution < 1.29 is 29.3 Å². The molecule has 0 bridgehead atoms. The summed E-state index contributed by atoms with van der Waals surface area (Å²) >= 11 is 0. The van der Waals surface area contributed by atoms with Gasteiger partial charge < -0.3 is 35.1 Å². The zero-order chi connectivity index (χ0) is 26.8. The number of carboxylic acids is 1. The second-order valence-electron chi connectivity index (χ2n) is 9.17. The minimum absolute atomic E-state index is 0.105. The van der Waals surface area contributed by atoms with Gasteiger partial charge in [-0.15, -0.1) is 0 Å². The number of nitrogens with zero attached hydrogens (tertiary/aromatic N) is 1. The molecule has 0 radical (unpaired) electrons. The molecule has 1 fully saturated rings. The lowest BCUT2D eigenvalue weighted by Crippen LogP contribution is -2.53. The molecule has 5 rings (SSSR count). The highest BCUT2D eigenvalue weighted by Gasteiger charge is 2.33. The van der Waals surface area contributed by atoms with Crippen molar-refractivity contribution in [1.29, 1.82) is 0 Å². The molecule has 2 unspecified atom stereocenters. The summed E-state index contributed by atoms with van der Waals surface area (Å²) in [5, 5.41) is 23.8. The molecule has 2 aromatic heterocycles. The van der Waals surface area contributed by atoms with Crippen LogP contribution in [0.5, 0.6) is 0 Å². The minimum Gasteiger partial charge on any atom is -0.480 e. The molecular weight excluding hydrogens is 492 g/mol. The largest absolute Gasteiger partial charge is 0.480 e. The van der Waals surface area contributed by atoms with Crippen molar-refractivity contribution >= 4 is 39.6 Å². The van der Waals surface area contributed by atoms with Gasteiger partial charge in [0.2, 0.25) is 5.91 Å². The van der Waals surface area contributed by atoms with E-state index < -0.39 is 29.9 Å². The van der Waals surface area contributed by atoms with Crippen LogP contribution in [-0.4, -0.2) is 81.3 Å². The molecule has 0 spiro atoms. The van der Waals surface area contributed by atoms with Gasteiger partial charge >= 0.3 is 5.97 Å². The zero-order valence-corrected chi connectivity index (χ0v) is 20.3. The normalized spacial score (nSPS) is 16.4. The van der Waals surface area contributed by atoms with Crippen LogP contribution in [0.15, 0.2) is 59.4 Å². The second-order valence-corrected chi connectivity index (χ2v) is 9.17. The van der Waals surface area contributed by atoms with Crippen LogP contribution in [0.25, 0.3) is 33.1 Å². The van der Waals surface area contributed by atoms with E-state index in [1.54, 1.807) is 24.3 Å². The van der Waals surface area contributed by atoms with Crippen molar-refractivity contribution in [3.8, 4) is 11.3 Å². The van der Waals surface area contributed by atoms with Gasteiger partial charge in [-0.3, -0.25) is 14.4 Å². The number of aliphatic hydroxyl groups excluding tert-OH is 1. The maximum absolute atomic E-state index is 12.7. The molecule has 2 aromatic carbocycles. The number of nitrogens with one attached hydrogen (secondary N) is 3. The summed E-state index contributed by atoms with van der Waals surface area (Å²) in [7, 11) is 0. The van der Waals surface area contributed by atoms with E-state index in [1.165, 1.54) is 4.90 Å². The topological polar surface area (TPSA) is 165 Å². The van der Waals surface area contributed by atoms with Crippen LogP contribution in [0.4, 0.5) is 0 Å². The van der Waals surface area contributed by atoms with Crippen LogP contribution in [-0.2, 0) is 14.3 Å². The first-order chi connectivity index (χ1) is 18.3. The molecule has 1 aliphatic heterocycles. The number of benzene rings is 2. The van der Waals surface area contributed by atoms with Crippen molar-refractivity contribution in [2.45, 2.75) is 18.6 Å². The minimum atomic E-state index is -1.19. The van der Waals surface area contributed by atoms with E-state index >= 15 is 0 Å². The van der Waals surface area contributed by atoms with Crippen LogP contribution < -0.4 is 10.9 Å². The molecular formula is C27H26N4O7. The highest BCUT2D eigenvalue weighted by Crippen LogP contribution is 2.25. The van der Waals surface area contributed by atoms with Gasteiger partial charge in [0.25, 0.3) is 11.5 Å². The summed E-state index contributed by atoms with van der Waals surface area (Å²) in [5.74, 6) is -2.14. The van der Waals surface area contributed by atoms with Crippen LogP contribution in [0, 0.1) is 0 Å². The number of ether oxygens (including phenoxy) is 1. The predicted octanol–water partition coefficient (Wildman–Crippen LogP) is 1.47. The molecule has 196 valence electrons. The summed E-state index contributed by atoms with van der Waals surface area (Å²) in [4.78, 5) is 56.5. The molecule has 11 nitrogen and oxygen atoms in total. The number of hydrogen-bond donors (Lipinski definition) is 5. The first-order valence-electron chi connectivity index (χ1n) is 12.1. The number of H-pyrrole nitrogens is 2. The Morgan fingerprint density at radius 1 is 1.05 bits per heavy atom. The van der Waals surface area contributed by atoms with Gasteiger partial charge in [-0.1, -0.05) is 18.2 Å². The molecule has 2 atom stereocenters. The molecule has 2 amide bonds. The fourth-order valence-electron chi connectivity index (χ4n) is 4.58. The number of aromatic nitrogens is 2. The number of morpholine rings is 1. The van der Waals surface area contributed by atoms with E-state index in [9.17, 15) is 29.4 Å². The van der Waals surface area contributed by atoms with Gasteiger partial charge in [-0.25, -0.2) is 4.79 Å². The van der Waals surface area contributed by atoms with Gasteiger partial charge in [0.1, 0.15) is 0 Å². The van der Waals surface area contributed by atoms with E-state index in [4.69, 9.17) is 4.74 Å². The number of carboxylic acid groups (broad SMARTS) is 1. The number of aliphatic hydroxyl groups is 1. The number of aliphatic carboxylic acids is 1. The molecule has 5 N–H and O–H groups in total. The van der Waals surface area contributed by atoms with Crippen molar-refractivity contribution in [1.82, 2.24) is 20.2 Å². The Labute approximate surface area is 216 Å². The lowest BCUT2D eigenvalue weighted by atomic mass is 10.1. The number of para-hydroxylation sites is 1. The lowest BCUT2D eigenvalue weighted by molar-refractivity contribution is -0.159. The average molecular weight is 519 g/mol. The van der Waals surface area contributed by atoms with E-state index in [0.717, 1.165) is 21.8 Å². The van der Waals surface area contributed by atoms with E-state index in [2.05, 4.69) is 15.3 Å². The third kappa shape index (κ3) is 5.15. The number of carbonyl (C=O) groups excluding carboxylic acids is 2. The summed E-state index contributed by atoms with van der Waals surface area (Å²) in [6, 6.07) is 15.0. The molecule has 1 saturated heterocycles. The smallest absolute Gasteiger partial charge is 0.328 e. The van der Waals surface area contributed by atoms with Gasteiger partial charge in [0.05, 0.1) is 37.0 Å². The average Bonchev–Trinajstić information content (AvgIpc) is 3.34. The number of carbonyl (C=O) groups is 3.